The van der Waals surface area contributed by atoms with E-state index in [1.807, 2.05) is 24.3 Å². The average Bonchev–Trinajstić information content (AvgIpc) is 2.54. The van der Waals surface area contributed by atoms with E-state index >= 15 is 0 Å². The molecular weight excluding hydrogens is 266 g/mol. The maximum atomic E-state index is 11.8. The first kappa shape index (κ1) is 14.7. The number of pyridine rings is 1. The Hall–Kier alpha value is -2.69. The van der Waals surface area contributed by atoms with E-state index in [0.29, 0.717) is 12.2 Å². The number of carbonyl (C=O) groups is 1. The van der Waals surface area contributed by atoms with Crippen molar-refractivity contribution in [2.45, 2.75) is 13.3 Å². The van der Waals surface area contributed by atoms with Gasteiger partial charge in [-0.2, -0.15) is 5.10 Å². The van der Waals surface area contributed by atoms with Gasteiger partial charge in [0.1, 0.15) is 5.75 Å². The van der Waals surface area contributed by atoms with Crippen molar-refractivity contribution < 1.29 is 9.53 Å². The first-order valence-corrected chi connectivity index (χ1v) is 6.76. The standard InChI is InChI=1S/C16H17N3O2/c1-2-10-21-15-5-3-4-13(11-15)12-18-19-16(20)14-6-8-17-9-7-14/h3-9,11-12H,2,10H2,1H3,(H,19,20)/b18-12-. The lowest BCUT2D eigenvalue weighted by molar-refractivity contribution is 0.0955. The van der Waals surface area contributed by atoms with E-state index in [0.717, 1.165) is 17.7 Å². The number of ether oxygens (including phenoxy) is 1. The molecule has 0 fully saturated rings. The van der Waals surface area contributed by atoms with Crippen LogP contribution in [0.25, 0.3) is 0 Å². The number of nitrogens with zero attached hydrogens (tertiary/aromatic N) is 2. The lowest BCUT2D eigenvalue weighted by atomic mass is 10.2. The molecule has 2 rings (SSSR count). The lowest BCUT2D eigenvalue weighted by Crippen LogP contribution is -2.17. The van der Waals surface area contributed by atoms with Crippen LogP contribution in [0.3, 0.4) is 0 Å². The van der Waals surface area contributed by atoms with E-state index in [-0.39, 0.29) is 5.91 Å². The van der Waals surface area contributed by atoms with Crippen LogP contribution in [-0.2, 0) is 0 Å². The van der Waals surface area contributed by atoms with Crippen LogP contribution < -0.4 is 10.2 Å². The largest absolute Gasteiger partial charge is 0.494 e. The fourth-order valence-electron chi connectivity index (χ4n) is 1.64. The van der Waals surface area contributed by atoms with E-state index in [1.165, 1.54) is 0 Å². The molecule has 21 heavy (non-hydrogen) atoms. The molecule has 1 N–H and O–H groups in total. The summed E-state index contributed by atoms with van der Waals surface area (Å²) in [6, 6.07) is 10.8. The van der Waals surface area contributed by atoms with Gasteiger partial charge in [0.15, 0.2) is 0 Å². The minimum atomic E-state index is -0.271. The molecule has 0 saturated carbocycles. The van der Waals surface area contributed by atoms with Gasteiger partial charge in [-0.1, -0.05) is 19.1 Å². The van der Waals surface area contributed by atoms with E-state index < -0.39 is 0 Å². The zero-order chi connectivity index (χ0) is 14.9. The molecule has 0 unspecified atom stereocenters. The molecule has 2 aromatic rings. The highest BCUT2D eigenvalue weighted by Gasteiger charge is 2.02. The van der Waals surface area contributed by atoms with Crippen LogP contribution in [0.15, 0.2) is 53.9 Å². The number of carbonyl (C=O) groups excluding carboxylic acids is 1. The molecule has 0 aliphatic heterocycles. The molecule has 5 nitrogen and oxygen atoms in total. The Morgan fingerprint density at radius 3 is 2.90 bits per heavy atom. The number of benzene rings is 1. The number of hydrogen-bond donors (Lipinski definition) is 1. The minimum absolute atomic E-state index is 0.271. The highest BCUT2D eigenvalue weighted by molar-refractivity contribution is 5.94. The first-order chi connectivity index (χ1) is 10.3. The van der Waals surface area contributed by atoms with Crippen molar-refractivity contribution in [3.63, 3.8) is 0 Å². The summed E-state index contributed by atoms with van der Waals surface area (Å²) in [6.07, 6.45) is 5.67. The van der Waals surface area contributed by atoms with Crippen molar-refractivity contribution in [2.24, 2.45) is 5.10 Å². The summed E-state index contributed by atoms with van der Waals surface area (Å²) in [5.41, 5.74) is 3.85. The topological polar surface area (TPSA) is 63.6 Å². The number of amides is 1. The van der Waals surface area contributed by atoms with Crippen molar-refractivity contribution >= 4 is 12.1 Å². The molecule has 1 aromatic heterocycles. The van der Waals surface area contributed by atoms with Crippen molar-refractivity contribution in [1.82, 2.24) is 10.4 Å². The van der Waals surface area contributed by atoms with Gasteiger partial charge >= 0.3 is 0 Å². The van der Waals surface area contributed by atoms with Gasteiger partial charge in [-0.25, -0.2) is 5.43 Å². The highest BCUT2D eigenvalue weighted by atomic mass is 16.5. The minimum Gasteiger partial charge on any atom is -0.494 e. The SMILES string of the molecule is CCCOc1cccc(/C=N\NC(=O)c2ccncc2)c1. The summed E-state index contributed by atoms with van der Waals surface area (Å²) < 4.78 is 5.54. The Balaban J connectivity index is 1.93. The monoisotopic (exact) mass is 283 g/mol. The van der Waals surface area contributed by atoms with Gasteiger partial charge in [-0.05, 0) is 36.2 Å². The van der Waals surface area contributed by atoms with Gasteiger partial charge in [-0.15, -0.1) is 0 Å². The van der Waals surface area contributed by atoms with Crippen LogP contribution in [0, 0.1) is 0 Å². The molecule has 0 aliphatic carbocycles. The van der Waals surface area contributed by atoms with Crippen molar-refractivity contribution in [2.75, 3.05) is 6.61 Å². The number of rotatable bonds is 6. The average molecular weight is 283 g/mol. The van der Waals surface area contributed by atoms with E-state index in [9.17, 15) is 4.79 Å². The maximum Gasteiger partial charge on any atom is 0.271 e. The zero-order valence-electron chi connectivity index (χ0n) is 11.8. The molecule has 108 valence electrons. The van der Waals surface area contributed by atoms with Crippen molar-refractivity contribution in [3.8, 4) is 5.75 Å². The Bertz CT molecular complexity index is 612. The molecule has 0 spiro atoms. The van der Waals surface area contributed by atoms with Gasteiger partial charge in [0.25, 0.3) is 5.91 Å². The van der Waals surface area contributed by atoms with Gasteiger partial charge in [0.2, 0.25) is 0 Å². The fourth-order valence-corrected chi connectivity index (χ4v) is 1.64. The lowest BCUT2D eigenvalue weighted by Gasteiger charge is -2.04. The predicted molar refractivity (Wildman–Crippen MR) is 81.5 cm³/mol. The molecule has 1 heterocycles. The molecular formula is C16H17N3O2. The van der Waals surface area contributed by atoms with Gasteiger partial charge in [0, 0.05) is 18.0 Å². The van der Waals surface area contributed by atoms with Crippen LogP contribution in [0.5, 0.6) is 5.75 Å². The molecule has 5 heteroatoms. The summed E-state index contributed by atoms with van der Waals surface area (Å²) in [6.45, 7) is 2.74. The van der Waals surface area contributed by atoms with Crippen molar-refractivity contribution in [1.29, 1.82) is 0 Å². The predicted octanol–water partition coefficient (Wildman–Crippen LogP) is 2.63. The third kappa shape index (κ3) is 4.72. The smallest absolute Gasteiger partial charge is 0.271 e. The van der Waals surface area contributed by atoms with Crippen molar-refractivity contribution in [3.05, 3.63) is 59.9 Å². The second-order valence-corrected chi connectivity index (χ2v) is 4.36. The fraction of sp³-hybridized carbons (Fsp3) is 0.188. The molecule has 0 bridgehead atoms. The molecule has 0 saturated heterocycles. The number of aromatic nitrogens is 1. The zero-order valence-corrected chi connectivity index (χ0v) is 11.8. The van der Waals surface area contributed by atoms with Crippen LogP contribution in [-0.4, -0.2) is 23.7 Å². The Morgan fingerprint density at radius 1 is 1.33 bits per heavy atom. The Morgan fingerprint density at radius 2 is 2.14 bits per heavy atom. The summed E-state index contributed by atoms with van der Waals surface area (Å²) in [5.74, 6) is 0.522. The van der Waals surface area contributed by atoms with E-state index in [1.54, 1.807) is 30.7 Å². The Labute approximate surface area is 123 Å². The molecule has 1 aromatic carbocycles. The van der Waals surface area contributed by atoms with Crippen LogP contribution in [0.2, 0.25) is 0 Å². The molecule has 0 radical (unpaired) electrons. The summed E-state index contributed by atoms with van der Waals surface area (Å²) >= 11 is 0. The second kappa shape index (κ2) is 7.79. The summed E-state index contributed by atoms with van der Waals surface area (Å²) in [7, 11) is 0. The number of nitrogens with one attached hydrogen (secondary N) is 1. The van der Waals surface area contributed by atoms with Crippen LogP contribution >= 0.6 is 0 Å². The van der Waals surface area contributed by atoms with E-state index in [4.69, 9.17) is 4.74 Å². The quantitative estimate of drug-likeness (QED) is 0.654. The Kier molecular flexibility index (Phi) is 5.46. The molecule has 1 amide bonds. The van der Waals surface area contributed by atoms with Gasteiger partial charge < -0.3 is 4.74 Å². The van der Waals surface area contributed by atoms with E-state index in [2.05, 4.69) is 22.4 Å². The number of hydrazone groups is 1. The molecule has 0 aliphatic rings. The van der Waals surface area contributed by atoms with Gasteiger partial charge in [0.05, 0.1) is 12.8 Å². The van der Waals surface area contributed by atoms with Gasteiger partial charge in [-0.3, -0.25) is 9.78 Å². The third-order valence-corrected chi connectivity index (χ3v) is 2.65. The van der Waals surface area contributed by atoms with Crippen LogP contribution in [0.1, 0.15) is 29.3 Å². The highest BCUT2D eigenvalue weighted by Crippen LogP contribution is 2.12. The first-order valence-electron chi connectivity index (χ1n) is 6.76. The summed E-state index contributed by atoms with van der Waals surface area (Å²) in [5, 5.41) is 3.94. The summed E-state index contributed by atoms with van der Waals surface area (Å²) in [4.78, 5) is 15.6. The second-order valence-electron chi connectivity index (χ2n) is 4.36. The number of hydrogen-bond acceptors (Lipinski definition) is 4. The maximum absolute atomic E-state index is 11.8. The normalized spacial score (nSPS) is 10.5. The third-order valence-electron chi connectivity index (χ3n) is 2.65. The molecule has 0 atom stereocenters. The van der Waals surface area contributed by atoms with Crippen LogP contribution in [0.4, 0.5) is 0 Å².